The third-order valence-electron chi connectivity index (χ3n) is 4.60. The minimum absolute atomic E-state index is 0.0442. The van der Waals surface area contributed by atoms with Gasteiger partial charge < -0.3 is 9.72 Å². The topological polar surface area (TPSA) is 63.5 Å². The molecule has 28 heavy (non-hydrogen) atoms. The molecule has 2 aromatic carbocycles. The van der Waals surface area contributed by atoms with Gasteiger partial charge in [0.1, 0.15) is 11.3 Å². The SMILES string of the molecule is CC(=O)c1ccc(-c2ccc3nc(C(=O)NCc4ccccc4)cn3c2)cc1. The molecule has 5 heteroatoms. The first-order valence-corrected chi connectivity index (χ1v) is 9.02. The van der Waals surface area contributed by atoms with Gasteiger partial charge in [-0.05, 0) is 35.7 Å². The zero-order chi connectivity index (χ0) is 19.5. The van der Waals surface area contributed by atoms with Gasteiger partial charge in [-0.25, -0.2) is 4.98 Å². The highest BCUT2D eigenvalue weighted by atomic mass is 16.2. The lowest BCUT2D eigenvalue weighted by Gasteiger charge is -2.03. The minimum Gasteiger partial charge on any atom is -0.347 e. The molecule has 0 radical (unpaired) electrons. The Morgan fingerprint density at radius 1 is 0.893 bits per heavy atom. The molecule has 4 aromatic rings. The Labute approximate surface area is 162 Å². The number of nitrogens with zero attached hydrogens (tertiary/aromatic N) is 2. The van der Waals surface area contributed by atoms with E-state index in [2.05, 4.69) is 10.3 Å². The highest BCUT2D eigenvalue weighted by Gasteiger charge is 2.11. The van der Waals surface area contributed by atoms with Crippen molar-refractivity contribution in [3.05, 3.63) is 95.9 Å². The number of imidazole rings is 1. The minimum atomic E-state index is -0.208. The van der Waals surface area contributed by atoms with Gasteiger partial charge in [-0.2, -0.15) is 0 Å². The normalized spacial score (nSPS) is 10.8. The molecule has 0 spiro atoms. The van der Waals surface area contributed by atoms with E-state index in [0.29, 0.717) is 23.4 Å². The number of pyridine rings is 1. The molecule has 1 amide bonds. The Bertz CT molecular complexity index is 1150. The molecule has 2 heterocycles. The molecule has 0 aliphatic heterocycles. The fraction of sp³-hybridized carbons (Fsp3) is 0.0870. The molecule has 0 saturated carbocycles. The van der Waals surface area contributed by atoms with Crippen molar-refractivity contribution in [1.29, 1.82) is 0 Å². The van der Waals surface area contributed by atoms with Crippen LogP contribution >= 0.6 is 0 Å². The number of ketones is 1. The van der Waals surface area contributed by atoms with Gasteiger partial charge in [-0.3, -0.25) is 9.59 Å². The summed E-state index contributed by atoms with van der Waals surface area (Å²) in [7, 11) is 0. The van der Waals surface area contributed by atoms with Gasteiger partial charge in [-0.1, -0.05) is 54.6 Å². The van der Waals surface area contributed by atoms with Gasteiger partial charge >= 0.3 is 0 Å². The first kappa shape index (κ1) is 17.7. The number of carbonyl (C=O) groups excluding carboxylic acids is 2. The summed E-state index contributed by atoms with van der Waals surface area (Å²) in [5.74, 6) is -0.164. The van der Waals surface area contributed by atoms with Crippen molar-refractivity contribution in [2.75, 3.05) is 0 Å². The number of benzene rings is 2. The van der Waals surface area contributed by atoms with E-state index in [1.165, 1.54) is 0 Å². The fourth-order valence-electron chi connectivity index (χ4n) is 3.04. The maximum Gasteiger partial charge on any atom is 0.271 e. The summed E-state index contributed by atoms with van der Waals surface area (Å²) in [6, 6.07) is 21.1. The number of hydrogen-bond donors (Lipinski definition) is 1. The number of fused-ring (bicyclic) bond motifs is 1. The van der Waals surface area contributed by atoms with E-state index in [0.717, 1.165) is 16.7 Å². The van der Waals surface area contributed by atoms with Crippen LogP contribution in [0.2, 0.25) is 0 Å². The van der Waals surface area contributed by atoms with Crippen LogP contribution in [0.25, 0.3) is 16.8 Å². The smallest absolute Gasteiger partial charge is 0.271 e. The van der Waals surface area contributed by atoms with Crippen molar-refractivity contribution in [3.8, 4) is 11.1 Å². The van der Waals surface area contributed by atoms with E-state index in [4.69, 9.17) is 0 Å². The molecule has 138 valence electrons. The van der Waals surface area contributed by atoms with E-state index in [-0.39, 0.29) is 11.7 Å². The highest BCUT2D eigenvalue weighted by Crippen LogP contribution is 2.21. The Morgan fingerprint density at radius 2 is 1.61 bits per heavy atom. The van der Waals surface area contributed by atoms with E-state index < -0.39 is 0 Å². The van der Waals surface area contributed by atoms with Crippen LogP contribution in [0.5, 0.6) is 0 Å². The van der Waals surface area contributed by atoms with Crippen molar-refractivity contribution in [2.45, 2.75) is 13.5 Å². The van der Waals surface area contributed by atoms with Crippen LogP contribution in [-0.2, 0) is 6.54 Å². The molecule has 5 nitrogen and oxygen atoms in total. The Kier molecular flexibility index (Phi) is 4.72. The largest absolute Gasteiger partial charge is 0.347 e. The summed E-state index contributed by atoms with van der Waals surface area (Å²) >= 11 is 0. The third kappa shape index (κ3) is 3.69. The molecule has 0 fully saturated rings. The number of nitrogens with one attached hydrogen (secondary N) is 1. The maximum absolute atomic E-state index is 12.4. The van der Waals surface area contributed by atoms with Gasteiger partial charge in [0, 0.05) is 24.5 Å². The Morgan fingerprint density at radius 3 is 2.32 bits per heavy atom. The monoisotopic (exact) mass is 369 g/mol. The zero-order valence-corrected chi connectivity index (χ0v) is 15.4. The van der Waals surface area contributed by atoms with Crippen LogP contribution in [0.1, 0.15) is 33.3 Å². The van der Waals surface area contributed by atoms with E-state index in [9.17, 15) is 9.59 Å². The number of amides is 1. The summed E-state index contributed by atoms with van der Waals surface area (Å²) in [4.78, 5) is 28.3. The first-order chi connectivity index (χ1) is 13.6. The second-order valence-corrected chi connectivity index (χ2v) is 6.61. The third-order valence-corrected chi connectivity index (χ3v) is 4.60. The van der Waals surface area contributed by atoms with Crippen LogP contribution in [0.4, 0.5) is 0 Å². The van der Waals surface area contributed by atoms with Gasteiger partial charge in [0.15, 0.2) is 5.78 Å². The van der Waals surface area contributed by atoms with Gasteiger partial charge in [0.25, 0.3) is 5.91 Å². The van der Waals surface area contributed by atoms with Crippen LogP contribution in [0.15, 0.2) is 79.1 Å². The van der Waals surface area contributed by atoms with Crippen molar-refractivity contribution in [3.63, 3.8) is 0 Å². The average molecular weight is 369 g/mol. The average Bonchev–Trinajstić information content (AvgIpc) is 3.16. The quantitative estimate of drug-likeness (QED) is 0.538. The van der Waals surface area contributed by atoms with E-state index in [1.807, 2.05) is 77.3 Å². The van der Waals surface area contributed by atoms with E-state index >= 15 is 0 Å². The molecule has 0 saturated heterocycles. The molecular weight excluding hydrogens is 350 g/mol. The van der Waals surface area contributed by atoms with Crippen molar-refractivity contribution in [1.82, 2.24) is 14.7 Å². The van der Waals surface area contributed by atoms with Gasteiger partial charge in [0.05, 0.1) is 0 Å². The molecule has 0 aliphatic carbocycles. The molecule has 0 bridgehead atoms. The van der Waals surface area contributed by atoms with Crippen LogP contribution in [0, 0.1) is 0 Å². The first-order valence-electron chi connectivity index (χ1n) is 9.02. The van der Waals surface area contributed by atoms with Crippen molar-refractivity contribution >= 4 is 17.3 Å². The molecule has 0 atom stereocenters. The molecule has 2 aromatic heterocycles. The van der Waals surface area contributed by atoms with Crippen LogP contribution < -0.4 is 5.32 Å². The zero-order valence-electron chi connectivity index (χ0n) is 15.4. The Hall–Kier alpha value is -3.73. The molecule has 4 rings (SSSR count). The van der Waals surface area contributed by atoms with Crippen LogP contribution in [0.3, 0.4) is 0 Å². The Balaban J connectivity index is 1.54. The summed E-state index contributed by atoms with van der Waals surface area (Å²) in [5.41, 5.74) is 4.78. The highest BCUT2D eigenvalue weighted by molar-refractivity contribution is 5.94. The lowest BCUT2D eigenvalue weighted by Crippen LogP contribution is -2.23. The summed E-state index contributed by atoms with van der Waals surface area (Å²) in [6.45, 7) is 2.01. The van der Waals surface area contributed by atoms with Crippen molar-refractivity contribution < 1.29 is 9.59 Å². The standard InChI is InChI=1S/C23H19N3O2/c1-16(27)18-7-9-19(10-8-18)20-11-12-22-25-21(15-26(22)14-20)23(28)24-13-17-5-3-2-4-6-17/h2-12,14-15H,13H2,1H3,(H,24,28). The van der Waals surface area contributed by atoms with Gasteiger partial charge in [0.2, 0.25) is 0 Å². The van der Waals surface area contributed by atoms with Crippen LogP contribution in [-0.4, -0.2) is 21.1 Å². The fourth-order valence-corrected chi connectivity index (χ4v) is 3.04. The number of aromatic nitrogens is 2. The molecule has 0 unspecified atom stereocenters. The maximum atomic E-state index is 12.4. The summed E-state index contributed by atoms with van der Waals surface area (Å²) in [5, 5.41) is 2.89. The number of hydrogen-bond acceptors (Lipinski definition) is 3. The number of rotatable bonds is 5. The molecular formula is C23H19N3O2. The van der Waals surface area contributed by atoms with Crippen molar-refractivity contribution in [2.24, 2.45) is 0 Å². The van der Waals surface area contributed by atoms with Gasteiger partial charge in [-0.15, -0.1) is 0 Å². The lowest BCUT2D eigenvalue weighted by atomic mass is 10.0. The predicted octanol–water partition coefficient (Wildman–Crippen LogP) is 4.13. The molecule has 0 aliphatic rings. The second kappa shape index (κ2) is 7.48. The number of Topliss-reactive ketones (excluding diaryl/α,β-unsaturated/α-hetero) is 1. The second-order valence-electron chi connectivity index (χ2n) is 6.61. The van der Waals surface area contributed by atoms with E-state index in [1.54, 1.807) is 13.1 Å². The lowest BCUT2D eigenvalue weighted by molar-refractivity contribution is 0.0945. The summed E-state index contributed by atoms with van der Waals surface area (Å²) < 4.78 is 1.84. The molecule has 1 N–H and O–H groups in total. The summed E-state index contributed by atoms with van der Waals surface area (Å²) in [6.07, 6.45) is 3.65. The number of carbonyl (C=O) groups is 2. The predicted molar refractivity (Wildman–Crippen MR) is 108 cm³/mol.